The van der Waals surface area contributed by atoms with Gasteiger partial charge in [0.25, 0.3) is 0 Å². The number of nitrogens with one attached hydrogen (secondary N) is 1. The van der Waals surface area contributed by atoms with Gasteiger partial charge in [0.2, 0.25) is 0 Å². The lowest BCUT2D eigenvalue weighted by Gasteiger charge is -2.22. The molecule has 6 nitrogen and oxygen atoms in total. The number of carbonyl (C=O) groups excluding carboxylic acids is 1. The molecule has 108 valence electrons. The number of ether oxygens (including phenoxy) is 1. The molecule has 1 heterocycles. The van der Waals surface area contributed by atoms with Gasteiger partial charge in [0.1, 0.15) is 18.4 Å². The van der Waals surface area contributed by atoms with Gasteiger partial charge in [-0.1, -0.05) is 25.1 Å². The van der Waals surface area contributed by atoms with Crippen LogP contribution in [0.5, 0.6) is 5.75 Å². The highest BCUT2D eigenvalue weighted by Gasteiger charge is 2.23. The van der Waals surface area contributed by atoms with Crippen LogP contribution in [0.3, 0.4) is 0 Å². The third kappa shape index (κ3) is 3.20. The average Bonchev–Trinajstić information content (AvgIpc) is 2.66. The minimum atomic E-state index is -1.02. The van der Waals surface area contributed by atoms with Gasteiger partial charge in [-0.25, -0.2) is 9.59 Å². The summed E-state index contributed by atoms with van der Waals surface area (Å²) < 4.78 is 5.57. The van der Waals surface area contributed by atoms with E-state index in [1.165, 1.54) is 0 Å². The summed E-state index contributed by atoms with van der Waals surface area (Å²) >= 11 is 0. The quantitative estimate of drug-likeness (QED) is 0.877. The third-order valence-electron chi connectivity index (χ3n) is 3.24. The first-order valence-electron chi connectivity index (χ1n) is 6.60. The van der Waals surface area contributed by atoms with Crippen molar-refractivity contribution < 1.29 is 19.4 Å². The zero-order valence-electron chi connectivity index (χ0n) is 11.3. The molecular weight excluding hydrogens is 260 g/mol. The number of urea groups is 1. The number of aliphatic carboxylic acids is 1. The van der Waals surface area contributed by atoms with Crippen LogP contribution in [-0.2, 0) is 11.3 Å². The fourth-order valence-electron chi connectivity index (χ4n) is 2.08. The van der Waals surface area contributed by atoms with E-state index < -0.39 is 12.0 Å². The van der Waals surface area contributed by atoms with E-state index in [1.807, 2.05) is 24.3 Å². The van der Waals surface area contributed by atoms with Gasteiger partial charge in [0.05, 0.1) is 13.1 Å². The van der Waals surface area contributed by atoms with Crippen LogP contribution in [0.2, 0.25) is 0 Å². The van der Waals surface area contributed by atoms with E-state index in [2.05, 4.69) is 5.32 Å². The van der Waals surface area contributed by atoms with Crippen molar-refractivity contribution in [1.29, 1.82) is 0 Å². The Morgan fingerprint density at radius 3 is 2.90 bits per heavy atom. The number of amides is 2. The number of nitrogens with zero attached hydrogens (tertiary/aromatic N) is 1. The average molecular weight is 278 g/mol. The summed E-state index contributed by atoms with van der Waals surface area (Å²) in [4.78, 5) is 24.7. The molecule has 2 N–H and O–H groups in total. The standard InChI is InChI=1S/C14H18N2O4/c1-2-11(13(17)18)15-14(19)16-7-8-20-12-6-4-3-5-10(12)9-16/h3-6,11H,2,7-9H2,1H3,(H,15,19)(H,17,18)/t11-/m1/s1. The molecule has 1 atom stereocenters. The maximum Gasteiger partial charge on any atom is 0.326 e. The fourth-order valence-corrected chi connectivity index (χ4v) is 2.08. The summed E-state index contributed by atoms with van der Waals surface area (Å²) in [6, 6.07) is 6.29. The molecular formula is C14H18N2O4. The maximum absolute atomic E-state index is 12.1. The first-order valence-corrected chi connectivity index (χ1v) is 6.60. The second kappa shape index (κ2) is 6.27. The van der Waals surface area contributed by atoms with Crippen molar-refractivity contribution >= 4 is 12.0 Å². The number of fused-ring (bicyclic) bond motifs is 1. The largest absolute Gasteiger partial charge is 0.491 e. The Bertz CT molecular complexity index is 504. The second-order valence-electron chi connectivity index (χ2n) is 4.63. The molecule has 2 rings (SSSR count). The normalized spacial score (nSPS) is 15.6. The van der Waals surface area contributed by atoms with E-state index in [1.54, 1.807) is 11.8 Å². The molecule has 0 aromatic heterocycles. The van der Waals surface area contributed by atoms with Crippen LogP contribution in [-0.4, -0.2) is 41.2 Å². The van der Waals surface area contributed by atoms with Crippen LogP contribution < -0.4 is 10.1 Å². The van der Waals surface area contributed by atoms with Crippen molar-refractivity contribution in [3.05, 3.63) is 29.8 Å². The van der Waals surface area contributed by atoms with Crippen LogP contribution in [0.1, 0.15) is 18.9 Å². The molecule has 20 heavy (non-hydrogen) atoms. The molecule has 1 aliphatic rings. The van der Waals surface area contributed by atoms with Crippen molar-refractivity contribution in [2.45, 2.75) is 25.9 Å². The molecule has 0 fully saturated rings. The Hall–Kier alpha value is -2.24. The predicted octanol–water partition coefficient (Wildman–Crippen LogP) is 1.45. The van der Waals surface area contributed by atoms with Gasteiger partial charge in [0.15, 0.2) is 0 Å². The van der Waals surface area contributed by atoms with Crippen molar-refractivity contribution in [3.8, 4) is 5.75 Å². The van der Waals surface area contributed by atoms with Crippen LogP contribution in [0, 0.1) is 0 Å². The summed E-state index contributed by atoms with van der Waals surface area (Å²) in [5.41, 5.74) is 0.920. The number of hydrogen-bond donors (Lipinski definition) is 2. The minimum Gasteiger partial charge on any atom is -0.491 e. The molecule has 1 aliphatic heterocycles. The number of carbonyl (C=O) groups is 2. The van der Waals surface area contributed by atoms with E-state index in [0.29, 0.717) is 26.1 Å². The van der Waals surface area contributed by atoms with Crippen LogP contribution in [0.4, 0.5) is 4.79 Å². The highest BCUT2D eigenvalue weighted by molar-refractivity contribution is 5.82. The number of carboxylic acids is 1. The first kappa shape index (κ1) is 14.2. The first-order chi connectivity index (χ1) is 9.61. The highest BCUT2D eigenvalue weighted by atomic mass is 16.5. The fraction of sp³-hybridized carbons (Fsp3) is 0.429. The van der Waals surface area contributed by atoms with E-state index in [4.69, 9.17) is 9.84 Å². The van der Waals surface area contributed by atoms with Crippen molar-refractivity contribution in [2.24, 2.45) is 0 Å². The molecule has 0 saturated carbocycles. The summed E-state index contributed by atoms with van der Waals surface area (Å²) in [5.74, 6) is -0.250. The van der Waals surface area contributed by atoms with E-state index in [9.17, 15) is 9.59 Å². The Kier molecular flexibility index (Phi) is 4.45. The Balaban J connectivity index is 2.06. The lowest BCUT2D eigenvalue weighted by Crippen LogP contribution is -2.48. The Morgan fingerprint density at radius 1 is 1.45 bits per heavy atom. The zero-order valence-corrected chi connectivity index (χ0v) is 11.3. The van der Waals surface area contributed by atoms with E-state index in [0.717, 1.165) is 11.3 Å². The summed E-state index contributed by atoms with van der Waals surface area (Å²) in [7, 11) is 0. The Labute approximate surface area is 117 Å². The summed E-state index contributed by atoms with van der Waals surface area (Å²) in [6.07, 6.45) is 0.349. The molecule has 0 unspecified atom stereocenters. The Morgan fingerprint density at radius 2 is 2.20 bits per heavy atom. The van der Waals surface area contributed by atoms with Gasteiger partial charge in [-0.3, -0.25) is 0 Å². The van der Waals surface area contributed by atoms with E-state index >= 15 is 0 Å². The van der Waals surface area contributed by atoms with Gasteiger partial charge < -0.3 is 20.1 Å². The minimum absolute atomic E-state index is 0.349. The molecule has 0 bridgehead atoms. The highest BCUT2D eigenvalue weighted by Crippen LogP contribution is 2.22. The van der Waals surface area contributed by atoms with Gasteiger partial charge in [-0.15, -0.1) is 0 Å². The molecule has 0 radical (unpaired) electrons. The van der Waals surface area contributed by atoms with Crippen LogP contribution in [0.25, 0.3) is 0 Å². The van der Waals surface area contributed by atoms with Gasteiger partial charge in [-0.05, 0) is 12.5 Å². The van der Waals surface area contributed by atoms with Crippen LogP contribution in [0.15, 0.2) is 24.3 Å². The molecule has 0 aliphatic carbocycles. The molecule has 6 heteroatoms. The van der Waals surface area contributed by atoms with Crippen LogP contribution >= 0.6 is 0 Å². The topological polar surface area (TPSA) is 78.9 Å². The number of carboxylic acid groups (broad SMARTS) is 1. The zero-order chi connectivity index (χ0) is 14.5. The molecule has 0 saturated heterocycles. The number of benzene rings is 1. The maximum atomic E-state index is 12.1. The summed E-state index contributed by atoms with van der Waals surface area (Å²) in [6.45, 7) is 2.96. The third-order valence-corrected chi connectivity index (χ3v) is 3.24. The second-order valence-corrected chi connectivity index (χ2v) is 4.63. The molecule has 0 spiro atoms. The molecule has 1 aromatic rings. The van der Waals surface area contributed by atoms with Gasteiger partial charge in [0, 0.05) is 5.56 Å². The van der Waals surface area contributed by atoms with Gasteiger partial charge >= 0.3 is 12.0 Å². The van der Waals surface area contributed by atoms with Crippen molar-refractivity contribution in [3.63, 3.8) is 0 Å². The monoisotopic (exact) mass is 278 g/mol. The number of hydrogen-bond acceptors (Lipinski definition) is 3. The predicted molar refractivity (Wildman–Crippen MR) is 72.6 cm³/mol. The lowest BCUT2D eigenvalue weighted by molar-refractivity contribution is -0.139. The lowest BCUT2D eigenvalue weighted by atomic mass is 10.2. The molecule has 2 amide bonds. The van der Waals surface area contributed by atoms with E-state index in [-0.39, 0.29) is 6.03 Å². The SMILES string of the molecule is CC[C@@H](NC(=O)N1CCOc2ccccc2C1)C(=O)O. The van der Waals surface area contributed by atoms with Crippen molar-refractivity contribution in [2.75, 3.05) is 13.2 Å². The summed E-state index contributed by atoms with van der Waals surface area (Å²) in [5, 5.41) is 11.5. The number of rotatable bonds is 3. The van der Waals surface area contributed by atoms with Crippen molar-refractivity contribution in [1.82, 2.24) is 10.2 Å². The number of para-hydroxylation sites is 1. The van der Waals surface area contributed by atoms with Gasteiger partial charge in [-0.2, -0.15) is 0 Å². The smallest absolute Gasteiger partial charge is 0.326 e. The molecule has 1 aromatic carbocycles.